The predicted octanol–water partition coefficient (Wildman–Crippen LogP) is 3.65. The Kier molecular flexibility index (Phi) is 10.1. The fourth-order valence-electron chi connectivity index (χ4n) is 4.42. The van der Waals surface area contributed by atoms with Crippen molar-refractivity contribution in [3.63, 3.8) is 0 Å². The van der Waals surface area contributed by atoms with Crippen LogP contribution in [0, 0.1) is 5.92 Å². The molecule has 1 N–H and O–H groups in total. The summed E-state index contributed by atoms with van der Waals surface area (Å²) in [5, 5.41) is 3.42. The maximum absolute atomic E-state index is 13.0. The normalized spacial score (nSPS) is 18.7. The predicted molar refractivity (Wildman–Crippen MR) is 130 cm³/mol. The average molecular weight is 466 g/mol. The molecule has 5 nitrogen and oxygen atoms in total. The number of nitrogens with one attached hydrogen (secondary N) is 1. The molecule has 0 aliphatic carbocycles. The van der Waals surface area contributed by atoms with Crippen LogP contribution in [0.5, 0.6) is 5.75 Å². The number of hydrogen-bond donors (Lipinski definition) is 1. The Bertz CT molecular complexity index is 835. The monoisotopic (exact) mass is 465 g/mol. The van der Waals surface area contributed by atoms with E-state index in [2.05, 4.69) is 28.4 Å². The highest BCUT2D eigenvalue weighted by atomic mass is 35.5. The fourth-order valence-corrected chi connectivity index (χ4v) is 4.42. The summed E-state index contributed by atoms with van der Waals surface area (Å²) in [4.78, 5) is 17.4. The van der Waals surface area contributed by atoms with Crippen molar-refractivity contribution in [2.75, 3.05) is 46.4 Å². The number of rotatable bonds is 6. The number of carbonyl (C=O) groups excluding carboxylic acids is 1. The highest BCUT2D eigenvalue weighted by Gasteiger charge is 2.23. The summed E-state index contributed by atoms with van der Waals surface area (Å²) >= 11 is 0. The highest BCUT2D eigenvalue weighted by molar-refractivity contribution is 5.94. The summed E-state index contributed by atoms with van der Waals surface area (Å²) in [6.45, 7) is 6.37. The SMILES string of the molecule is COc1ccccc1CN1CCN(C(=O)c2cccc(CC3CCNC3)c2)CC1.Cl.Cl. The van der Waals surface area contributed by atoms with Crippen LogP contribution < -0.4 is 10.1 Å². The second kappa shape index (κ2) is 12.3. The Labute approximate surface area is 198 Å². The molecule has 1 amide bonds. The molecule has 2 aromatic carbocycles. The standard InChI is InChI=1S/C24H31N3O2.2ClH/c1-29-23-8-3-2-6-22(23)18-26-11-13-27(14-12-26)24(28)21-7-4-5-19(16-21)15-20-9-10-25-17-20;;/h2-8,16,20,25H,9-15,17-18H2,1H3;2*1H. The third-order valence-corrected chi connectivity index (χ3v) is 6.11. The van der Waals surface area contributed by atoms with Crippen molar-refractivity contribution in [3.05, 3.63) is 65.2 Å². The van der Waals surface area contributed by atoms with Crippen molar-refractivity contribution < 1.29 is 9.53 Å². The Morgan fingerprint density at radius 3 is 2.55 bits per heavy atom. The molecule has 7 heteroatoms. The van der Waals surface area contributed by atoms with Crippen LogP contribution in [0.3, 0.4) is 0 Å². The minimum absolute atomic E-state index is 0. The van der Waals surface area contributed by atoms with Crippen molar-refractivity contribution in [2.45, 2.75) is 19.4 Å². The van der Waals surface area contributed by atoms with Crippen LogP contribution in [-0.2, 0) is 13.0 Å². The molecule has 2 saturated heterocycles. The molecule has 2 aliphatic rings. The van der Waals surface area contributed by atoms with Crippen molar-refractivity contribution in [2.24, 2.45) is 5.92 Å². The number of amides is 1. The van der Waals surface area contributed by atoms with Gasteiger partial charge in [-0.1, -0.05) is 30.3 Å². The lowest BCUT2D eigenvalue weighted by molar-refractivity contribution is 0.0627. The van der Waals surface area contributed by atoms with E-state index in [9.17, 15) is 4.79 Å². The summed E-state index contributed by atoms with van der Waals surface area (Å²) in [5.41, 5.74) is 3.30. The van der Waals surface area contributed by atoms with Crippen LogP contribution >= 0.6 is 24.8 Å². The molecule has 2 heterocycles. The Hall–Kier alpha value is -1.79. The van der Waals surface area contributed by atoms with E-state index in [4.69, 9.17) is 4.74 Å². The zero-order valence-corrected chi connectivity index (χ0v) is 19.7. The minimum Gasteiger partial charge on any atom is -0.496 e. The highest BCUT2D eigenvalue weighted by Crippen LogP contribution is 2.21. The molecule has 4 rings (SSSR count). The van der Waals surface area contributed by atoms with Crippen molar-refractivity contribution in [1.82, 2.24) is 15.1 Å². The number of halogens is 2. The van der Waals surface area contributed by atoms with Gasteiger partial charge in [-0.3, -0.25) is 9.69 Å². The van der Waals surface area contributed by atoms with Crippen molar-refractivity contribution >= 4 is 30.7 Å². The lowest BCUT2D eigenvalue weighted by Crippen LogP contribution is -2.48. The number of carbonyl (C=O) groups is 1. The molecule has 170 valence electrons. The summed E-state index contributed by atoms with van der Waals surface area (Å²) in [5.74, 6) is 1.78. The van der Waals surface area contributed by atoms with Gasteiger partial charge in [0.05, 0.1) is 7.11 Å². The molecule has 0 spiro atoms. The molecule has 0 aromatic heterocycles. The largest absolute Gasteiger partial charge is 0.496 e. The van der Waals surface area contributed by atoms with Gasteiger partial charge in [0.15, 0.2) is 0 Å². The Morgan fingerprint density at radius 1 is 1.06 bits per heavy atom. The maximum atomic E-state index is 13.0. The van der Waals surface area contributed by atoms with Gasteiger partial charge in [0.2, 0.25) is 0 Å². The molecule has 2 fully saturated rings. The van der Waals surface area contributed by atoms with Gasteiger partial charge in [-0.2, -0.15) is 0 Å². The van der Waals surface area contributed by atoms with Crippen LogP contribution in [0.2, 0.25) is 0 Å². The fraction of sp³-hybridized carbons (Fsp3) is 0.458. The molecule has 0 saturated carbocycles. The molecular weight excluding hydrogens is 433 g/mol. The van der Waals surface area contributed by atoms with Gasteiger partial charge < -0.3 is 15.0 Å². The molecule has 1 atom stereocenters. The number of benzene rings is 2. The number of hydrogen-bond acceptors (Lipinski definition) is 4. The summed E-state index contributed by atoms with van der Waals surface area (Å²) < 4.78 is 5.47. The molecular formula is C24H33Cl2N3O2. The molecule has 2 aliphatic heterocycles. The van der Waals surface area contributed by atoms with E-state index in [1.807, 2.05) is 35.2 Å². The van der Waals surface area contributed by atoms with Crippen LogP contribution in [0.15, 0.2) is 48.5 Å². The van der Waals surface area contributed by atoms with Crippen LogP contribution in [0.4, 0.5) is 0 Å². The number of nitrogens with zero attached hydrogens (tertiary/aromatic N) is 2. The van der Waals surface area contributed by atoms with Gasteiger partial charge in [-0.25, -0.2) is 0 Å². The van der Waals surface area contributed by atoms with E-state index in [0.717, 1.165) is 63.5 Å². The van der Waals surface area contributed by atoms with Crippen LogP contribution in [0.1, 0.15) is 27.9 Å². The van der Waals surface area contributed by atoms with E-state index in [-0.39, 0.29) is 30.7 Å². The lowest BCUT2D eigenvalue weighted by atomic mass is 9.97. The van der Waals surface area contributed by atoms with E-state index < -0.39 is 0 Å². The third-order valence-electron chi connectivity index (χ3n) is 6.11. The van der Waals surface area contributed by atoms with Gasteiger partial charge in [-0.15, -0.1) is 24.8 Å². The van der Waals surface area contributed by atoms with Gasteiger partial charge in [0, 0.05) is 43.9 Å². The van der Waals surface area contributed by atoms with E-state index >= 15 is 0 Å². The zero-order chi connectivity index (χ0) is 20.1. The molecule has 31 heavy (non-hydrogen) atoms. The van der Waals surface area contributed by atoms with E-state index in [0.29, 0.717) is 5.92 Å². The zero-order valence-electron chi connectivity index (χ0n) is 18.1. The minimum atomic E-state index is 0. The third kappa shape index (κ3) is 6.59. The first-order valence-corrected chi connectivity index (χ1v) is 10.7. The first-order chi connectivity index (χ1) is 14.2. The van der Waals surface area contributed by atoms with Crippen LogP contribution in [-0.4, -0.2) is 62.1 Å². The van der Waals surface area contributed by atoms with Gasteiger partial charge in [-0.05, 0) is 55.6 Å². The number of methoxy groups -OCH3 is 1. The summed E-state index contributed by atoms with van der Waals surface area (Å²) in [7, 11) is 1.72. The topological polar surface area (TPSA) is 44.8 Å². The molecule has 1 unspecified atom stereocenters. The van der Waals surface area contributed by atoms with Gasteiger partial charge in [0.1, 0.15) is 5.75 Å². The van der Waals surface area contributed by atoms with Crippen molar-refractivity contribution in [3.8, 4) is 5.75 Å². The second-order valence-corrected chi connectivity index (χ2v) is 8.14. The van der Waals surface area contributed by atoms with Gasteiger partial charge in [0.25, 0.3) is 5.91 Å². The lowest BCUT2D eigenvalue weighted by Gasteiger charge is -2.35. The number of para-hydroxylation sites is 1. The quantitative estimate of drug-likeness (QED) is 0.706. The first kappa shape index (κ1) is 25.5. The Morgan fingerprint density at radius 2 is 1.84 bits per heavy atom. The first-order valence-electron chi connectivity index (χ1n) is 10.7. The Balaban J connectivity index is 0.00000171. The van der Waals surface area contributed by atoms with Crippen molar-refractivity contribution in [1.29, 1.82) is 0 Å². The van der Waals surface area contributed by atoms with E-state index in [1.165, 1.54) is 17.5 Å². The van der Waals surface area contributed by atoms with E-state index in [1.54, 1.807) is 7.11 Å². The maximum Gasteiger partial charge on any atom is 0.253 e. The summed E-state index contributed by atoms with van der Waals surface area (Å²) in [6, 6.07) is 16.4. The molecule has 2 aromatic rings. The number of piperazine rings is 1. The second-order valence-electron chi connectivity index (χ2n) is 8.14. The number of ether oxygens (including phenoxy) is 1. The molecule has 0 bridgehead atoms. The molecule has 0 radical (unpaired) electrons. The van der Waals surface area contributed by atoms with Crippen LogP contribution in [0.25, 0.3) is 0 Å². The average Bonchev–Trinajstić information content (AvgIpc) is 3.27. The van der Waals surface area contributed by atoms with Gasteiger partial charge >= 0.3 is 0 Å². The summed E-state index contributed by atoms with van der Waals surface area (Å²) in [6.07, 6.45) is 2.28. The smallest absolute Gasteiger partial charge is 0.253 e.